The molecule has 0 N–H and O–H groups in total. The normalized spacial score (nSPS) is 29.5. The summed E-state index contributed by atoms with van der Waals surface area (Å²) in [6.07, 6.45) is 6.17. The third-order valence-corrected chi connectivity index (χ3v) is 5.33. The molecule has 5 nitrogen and oxygen atoms in total. The van der Waals surface area contributed by atoms with Gasteiger partial charge in [0.1, 0.15) is 0 Å². The first-order valence-electron chi connectivity index (χ1n) is 8.73. The fraction of sp³-hybridized carbons (Fsp3) is 0.579. The van der Waals surface area contributed by atoms with Crippen LogP contribution in [-0.4, -0.2) is 35.1 Å². The van der Waals surface area contributed by atoms with Crippen LogP contribution < -0.4 is 5.56 Å². The molecule has 1 aliphatic heterocycles. The minimum atomic E-state index is -0.0816. The number of aryl methyl sites for hydroxylation is 1. The molecular weight excluding hydrogens is 304 g/mol. The molecule has 1 aromatic rings. The molecule has 4 atom stereocenters. The maximum absolute atomic E-state index is 12.4. The van der Waals surface area contributed by atoms with Crippen LogP contribution in [0.2, 0.25) is 0 Å². The predicted molar refractivity (Wildman–Crippen MR) is 92.4 cm³/mol. The van der Waals surface area contributed by atoms with Gasteiger partial charge in [-0.25, -0.2) is 0 Å². The van der Waals surface area contributed by atoms with E-state index in [1.807, 2.05) is 19.1 Å². The Kier molecular flexibility index (Phi) is 4.90. The predicted octanol–water partition coefficient (Wildman–Crippen LogP) is 1.82. The molecule has 5 heteroatoms. The van der Waals surface area contributed by atoms with E-state index in [0.29, 0.717) is 19.1 Å². The van der Waals surface area contributed by atoms with Crippen molar-refractivity contribution in [1.82, 2.24) is 9.47 Å². The number of carbonyl (C=O) groups is 1. The van der Waals surface area contributed by atoms with Gasteiger partial charge in [0.2, 0.25) is 0 Å². The minimum Gasteiger partial charge on any atom is -0.466 e. The summed E-state index contributed by atoms with van der Waals surface area (Å²) in [5, 5.41) is 0. The number of likely N-dealkylation sites (tertiary alicyclic amines) is 1. The monoisotopic (exact) mass is 330 g/mol. The van der Waals surface area contributed by atoms with E-state index in [0.717, 1.165) is 18.7 Å². The van der Waals surface area contributed by atoms with Gasteiger partial charge in [-0.05, 0) is 30.7 Å². The summed E-state index contributed by atoms with van der Waals surface area (Å²) in [5.41, 5.74) is 0.863. The molecule has 0 bridgehead atoms. The van der Waals surface area contributed by atoms with E-state index in [1.54, 1.807) is 17.8 Å². The van der Waals surface area contributed by atoms with Crippen LogP contribution in [0.5, 0.6) is 0 Å². The van der Waals surface area contributed by atoms with Crippen molar-refractivity contribution in [3.05, 3.63) is 46.4 Å². The maximum atomic E-state index is 12.4. The third-order valence-electron chi connectivity index (χ3n) is 5.33. The quantitative estimate of drug-likeness (QED) is 0.624. The van der Waals surface area contributed by atoms with Crippen molar-refractivity contribution in [3.8, 4) is 0 Å². The zero-order valence-corrected chi connectivity index (χ0v) is 14.6. The number of pyridine rings is 1. The highest BCUT2D eigenvalue weighted by atomic mass is 16.5. The van der Waals surface area contributed by atoms with Crippen molar-refractivity contribution < 1.29 is 9.53 Å². The molecule has 1 aromatic heterocycles. The van der Waals surface area contributed by atoms with Crippen LogP contribution in [0.25, 0.3) is 0 Å². The minimum absolute atomic E-state index is 0.0539. The standard InChI is InChI=1S/C19H26N2O3/c1-4-24-19(23)17-13(2)7-8-14-10-21(12-16(14)17)11-15-6-5-9-20(3)18(15)22/h5-9,13-14,16-17H,4,10-12H2,1-3H3/t13-,14-,16-,17-/m0/s1. The van der Waals surface area contributed by atoms with Crippen LogP contribution in [0.1, 0.15) is 19.4 Å². The van der Waals surface area contributed by atoms with Gasteiger partial charge in [-0.15, -0.1) is 0 Å². The second-order valence-electron chi connectivity index (χ2n) is 6.99. The molecule has 2 aliphatic rings. The summed E-state index contributed by atoms with van der Waals surface area (Å²) in [4.78, 5) is 26.9. The molecule has 1 fully saturated rings. The zero-order valence-electron chi connectivity index (χ0n) is 14.6. The molecule has 0 unspecified atom stereocenters. The smallest absolute Gasteiger partial charge is 0.309 e. The number of fused-ring (bicyclic) bond motifs is 1. The van der Waals surface area contributed by atoms with Gasteiger partial charge in [-0.2, -0.15) is 0 Å². The molecular formula is C19H26N2O3. The SMILES string of the molecule is CCOC(=O)[C@@H]1[C@H]2CN(Cc3cccn(C)c3=O)C[C@@H]2C=C[C@@H]1C. The highest BCUT2D eigenvalue weighted by molar-refractivity contribution is 5.74. The fourth-order valence-corrected chi connectivity index (χ4v) is 4.12. The molecule has 24 heavy (non-hydrogen) atoms. The summed E-state index contributed by atoms with van der Waals surface area (Å²) in [6, 6.07) is 3.80. The molecule has 0 aromatic carbocycles. The molecule has 3 rings (SSSR count). The Balaban J connectivity index is 1.75. The lowest BCUT2D eigenvalue weighted by molar-refractivity contribution is -0.152. The molecule has 0 saturated carbocycles. The van der Waals surface area contributed by atoms with Crippen molar-refractivity contribution in [1.29, 1.82) is 0 Å². The Bertz CT molecular complexity index is 694. The van der Waals surface area contributed by atoms with E-state index in [2.05, 4.69) is 24.0 Å². The number of carbonyl (C=O) groups excluding carboxylic acids is 1. The lowest BCUT2D eigenvalue weighted by Gasteiger charge is -2.32. The summed E-state index contributed by atoms with van der Waals surface area (Å²) in [6.45, 7) is 6.72. The number of aromatic nitrogens is 1. The van der Waals surface area contributed by atoms with Crippen molar-refractivity contribution >= 4 is 5.97 Å². The maximum Gasteiger partial charge on any atom is 0.309 e. The number of ether oxygens (including phenoxy) is 1. The second kappa shape index (κ2) is 6.93. The lowest BCUT2D eigenvalue weighted by atomic mass is 9.72. The molecule has 0 radical (unpaired) electrons. The van der Waals surface area contributed by atoms with Gasteiger partial charge in [0, 0.05) is 38.4 Å². The molecule has 2 heterocycles. The third kappa shape index (κ3) is 3.18. The highest BCUT2D eigenvalue weighted by Crippen LogP contribution is 2.40. The molecule has 130 valence electrons. The average molecular weight is 330 g/mol. The largest absolute Gasteiger partial charge is 0.466 e. The van der Waals surface area contributed by atoms with Gasteiger partial charge in [0.25, 0.3) is 5.56 Å². The molecule has 1 saturated heterocycles. The summed E-state index contributed by atoms with van der Waals surface area (Å²) in [5.74, 6) is 0.681. The molecule has 0 spiro atoms. The van der Waals surface area contributed by atoms with Gasteiger partial charge in [-0.1, -0.05) is 25.1 Å². The van der Waals surface area contributed by atoms with Crippen molar-refractivity contribution in [2.45, 2.75) is 20.4 Å². The van der Waals surface area contributed by atoms with E-state index in [4.69, 9.17) is 4.74 Å². The van der Waals surface area contributed by atoms with E-state index in [9.17, 15) is 9.59 Å². The lowest BCUT2D eigenvalue weighted by Crippen LogP contribution is -2.37. The number of rotatable bonds is 4. The van der Waals surface area contributed by atoms with Crippen LogP contribution >= 0.6 is 0 Å². The van der Waals surface area contributed by atoms with E-state index in [-0.39, 0.29) is 29.3 Å². The first kappa shape index (κ1) is 17.0. The summed E-state index contributed by atoms with van der Waals surface area (Å²) >= 11 is 0. The van der Waals surface area contributed by atoms with E-state index >= 15 is 0 Å². The fourth-order valence-electron chi connectivity index (χ4n) is 4.12. The van der Waals surface area contributed by atoms with Gasteiger partial charge < -0.3 is 9.30 Å². The number of hydrogen-bond acceptors (Lipinski definition) is 4. The van der Waals surface area contributed by atoms with Crippen LogP contribution in [-0.2, 0) is 23.1 Å². The Labute approximate surface area is 142 Å². The van der Waals surface area contributed by atoms with Crippen LogP contribution in [0.15, 0.2) is 35.3 Å². The van der Waals surface area contributed by atoms with E-state index in [1.165, 1.54) is 0 Å². The highest BCUT2D eigenvalue weighted by Gasteiger charge is 2.44. The van der Waals surface area contributed by atoms with Crippen molar-refractivity contribution in [2.75, 3.05) is 19.7 Å². The number of nitrogens with zero attached hydrogens (tertiary/aromatic N) is 2. The Morgan fingerprint density at radius 1 is 1.33 bits per heavy atom. The first-order chi connectivity index (χ1) is 11.5. The van der Waals surface area contributed by atoms with Gasteiger partial charge in [0.05, 0.1) is 12.5 Å². The number of allylic oxidation sites excluding steroid dienone is 1. The van der Waals surface area contributed by atoms with Gasteiger partial charge >= 0.3 is 5.97 Å². The van der Waals surface area contributed by atoms with Crippen LogP contribution in [0.3, 0.4) is 0 Å². The topological polar surface area (TPSA) is 51.5 Å². The average Bonchev–Trinajstić information content (AvgIpc) is 2.94. The molecule has 1 aliphatic carbocycles. The van der Waals surface area contributed by atoms with Crippen LogP contribution in [0.4, 0.5) is 0 Å². The summed E-state index contributed by atoms with van der Waals surface area (Å²) in [7, 11) is 1.77. The Morgan fingerprint density at radius 2 is 2.12 bits per heavy atom. The number of esters is 1. The Morgan fingerprint density at radius 3 is 2.88 bits per heavy atom. The summed E-state index contributed by atoms with van der Waals surface area (Å²) < 4.78 is 6.92. The Hall–Kier alpha value is -1.88. The second-order valence-corrected chi connectivity index (χ2v) is 6.99. The zero-order chi connectivity index (χ0) is 17.3. The van der Waals surface area contributed by atoms with Crippen LogP contribution in [0, 0.1) is 23.7 Å². The van der Waals surface area contributed by atoms with Gasteiger partial charge in [-0.3, -0.25) is 14.5 Å². The van der Waals surface area contributed by atoms with E-state index < -0.39 is 0 Å². The van der Waals surface area contributed by atoms with Crippen molar-refractivity contribution in [3.63, 3.8) is 0 Å². The van der Waals surface area contributed by atoms with Crippen molar-refractivity contribution in [2.24, 2.45) is 30.7 Å². The molecule has 0 amide bonds. The van der Waals surface area contributed by atoms with Gasteiger partial charge in [0.15, 0.2) is 0 Å². The number of hydrogen-bond donors (Lipinski definition) is 0. The first-order valence-corrected chi connectivity index (χ1v) is 8.73.